The molecule has 32 heavy (non-hydrogen) atoms. The third-order valence-electron chi connectivity index (χ3n) is 5.28. The molecular formula is C26H21N3O3. The Morgan fingerprint density at radius 2 is 1.88 bits per heavy atom. The zero-order valence-electron chi connectivity index (χ0n) is 17.5. The van der Waals surface area contributed by atoms with E-state index in [-0.39, 0.29) is 18.3 Å². The molecule has 0 bridgehead atoms. The number of aromatic nitrogens is 2. The van der Waals surface area contributed by atoms with E-state index >= 15 is 0 Å². The summed E-state index contributed by atoms with van der Waals surface area (Å²) in [6, 6.07) is 23.2. The first kappa shape index (κ1) is 21.0. The molecule has 1 aromatic heterocycles. The Bertz CT molecular complexity index is 1290. The Morgan fingerprint density at radius 1 is 1.09 bits per heavy atom. The van der Waals surface area contributed by atoms with E-state index in [1.54, 1.807) is 67.1 Å². The van der Waals surface area contributed by atoms with E-state index in [2.05, 4.69) is 11.1 Å². The molecule has 0 spiro atoms. The molecule has 0 amide bonds. The Kier molecular flexibility index (Phi) is 6.11. The van der Waals surface area contributed by atoms with Crippen molar-refractivity contribution in [2.45, 2.75) is 5.92 Å². The van der Waals surface area contributed by atoms with Gasteiger partial charge in [0.25, 0.3) is 0 Å². The minimum Gasteiger partial charge on any atom is -0.456 e. The van der Waals surface area contributed by atoms with E-state index < -0.39 is 0 Å². The van der Waals surface area contributed by atoms with Crippen LogP contribution in [-0.2, 0) is 7.05 Å². The molecule has 4 rings (SSSR count). The van der Waals surface area contributed by atoms with E-state index in [1.165, 1.54) is 0 Å². The summed E-state index contributed by atoms with van der Waals surface area (Å²) in [6.45, 7) is -0.119. The predicted octanol–water partition coefficient (Wildman–Crippen LogP) is 4.44. The second-order valence-corrected chi connectivity index (χ2v) is 7.36. The number of hydrogen-bond acceptors (Lipinski definition) is 5. The molecule has 1 heterocycles. The second-order valence-electron chi connectivity index (χ2n) is 7.36. The smallest absolute Gasteiger partial charge is 0.193 e. The molecule has 0 radical (unpaired) electrons. The Morgan fingerprint density at radius 3 is 2.56 bits per heavy atom. The molecule has 0 aliphatic rings. The number of aliphatic hydroxyl groups excluding tert-OH is 1. The number of aryl methyl sites for hydroxylation is 1. The van der Waals surface area contributed by atoms with Gasteiger partial charge in [-0.3, -0.25) is 4.79 Å². The summed E-state index contributed by atoms with van der Waals surface area (Å²) in [5.41, 5.74) is 3.08. The van der Waals surface area contributed by atoms with Gasteiger partial charge in [0.2, 0.25) is 0 Å². The molecule has 3 aromatic carbocycles. The van der Waals surface area contributed by atoms with Crippen LogP contribution in [-0.4, -0.2) is 27.0 Å². The van der Waals surface area contributed by atoms with Gasteiger partial charge >= 0.3 is 0 Å². The molecule has 1 N–H and O–H groups in total. The van der Waals surface area contributed by atoms with Crippen molar-refractivity contribution in [3.8, 4) is 17.6 Å². The highest BCUT2D eigenvalue weighted by molar-refractivity contribution is 6.09. The third kappa shape index (κ3) is 4.29. The van der Waals surface area contributed by atoms with E-state index in [4.69, 9.17) is 4.74 Å². The molecule has 0 saturated heterocycles. The van der Waals surface area contributed by atoms with Crippen molar-refractivity contribution in [3.05, 3.63) is 113 Å². The van der Waals surface area contributed by atoms with Gasteiger partial charge < -0.3 is 14.4 Å². The molecule has 158 valence electrons. The van der Waals surface area contributed by atoms with Crippen LogP contribution in [0.5, 0.6) is 11.5 Å². The molecule has 1 unspecified atom stereocenters. The minimum absolute atomic E-state index is 0.109. The number of imidazole rings is 1. The van der Waals surface area contributed by atoms with Crippen LogP contribution in [0.25, 0.3) is 0 Å². The zero-order chi connectivity index (χ0) is 22.5. The maximum absolute atomic E-state index is 12.8. The zero-order valence-corrected chi connectivity index (χ0v) is 17.5. The fourth-order valence-electron chi connectivity index (χ4n) is 3.59. The average molecular weight is 423 g/mol. The number of rotatable bonds is 7. The molecule has 6 heteroatoms. The lowest BCUT2D eigenvalue weighted by molar-refractivity contribution is 0.103. The number of aliphatic hydroxyl groups is 1. The van der Waals surface area contributed by atoms with Crippen molar-refractivity contribution in [3.63, 3.8) is 0 Å². The summed E-state index contributed by atoms with van der Waals surface area (Å²) >= 11 is 0. The van der Waals surface area contributed by atoms with E-state index in [0.29, 0.717) is 28.2 Å². The topological polar surface area (TPSA) is 88.1 Å². The number of carbonyl (C=O) groups is 1. The van der Waals surface area contributed by atoms with Gasteiger partial charge in [-0.15, -0.1) is 0 Å². The number of ketones is 1. The van der Waals surface area contributed by atoms with Gasteiger partial charge in [-0.1, -0.05) is 48.5 Å². The summed E-state index contributed by atoms with van der Waals surface area (Å²) in [5, 5.41) is 19.6. The lowest BCUT2D eigenvalue weighted by Crippen LogP contribution is -2.10. The SMILES string of the molecule is Cn1cncc1C(CO)c1ccc(C#N)c(Oc2cccc(C(=O)c3ccccc3)c2)c1. The first-order valence-corrected chi connectivity index (χ1v) is 10.1. The molecule has 0 aliphatic carbocycles. The van der Waals surface area contributed by atoms with Crippen molar-refractivity contribution in [2.24, 2.45) is 7.05 Å². The highest BCUT2D eigenvalue weighted by Crippen LogP contribution is 2.32. The van der Waals surface area contributed by atoms with Crippen molar-refractivity contribution in [1.29, 1.82) is 5.26 Å². The minimum atomic E-state index is -0.316. The fraction of sp³-hybridized carbons (Fsp3) is 0.115. The fourth-order valence-corrected chi connectivity index (χ4v) is 3.59. The number of nitriles is 1. The van der Waals surface area contributed by atoms with E-state index in [9.17, 15) is 15.2 Å². The lowest BCUT2D eigenvalue weighted by Gasteiger charge is -2.17. The summed E-state index contributed by atoms with van der Waals surface area (Å²) in [4.78, 5) is 16.9. The Balaban J connectivity index is 1.66. The largest absolute Gasteiger partial charge is 0.456 e. The van der Waals surface area contributed by atoms with Crippen LogP contribution >= 0.6 is 0 Å². The second kappa shape index (κ2) is 9.29. The van der Waals surface area contributed by atoms with Crippen LogP contribution in [0.3, 0.4) is 0 Å². The third-order valence-corrected chi connectivity index (χ3v) is 5.28. The van der Waals surface area contributed by atoms with Crippen molar-refractivity contribution in [2.75, 3.05) is 6.61 Å². The summed E-state index contributed by atoms with van der Waals surface area (Å²) in [6.07, 6.45) is 3.38. The van der Waals surface area contributed by atoms with E-state index in [0.717, 1.165) is 11.3 Å². The molecule has 0 fully saturated rings. The van der Waals surface area contributed by atoms with Gasteiger partial charge in [0.15, 0.2) is 5.78 Å². The van der Waals surface area contributed by atoms with Crippen molar-refractivity contribution in [1.82, 2.24) is 9.55 Å². The van der Waals surface area contributed by atoms with Crippen LogP contribution in [0.2, 0.25) is 0 Å². The molecule has 6 nitrogen and oxygen atoms in total. The number of hydrogen-bond donors (Lipinski definition) is 1. The average Bonchev–Trinajstić information content (AvgIpc) is 3.25. The van der Waals surface area contributed by atoms with Gasteiger partial charge in [0.05, 0.1) is 18.5 Å². The van der Waals surface area contributed by atoms with Crippen molar-refractivity contribution < 1.29 is 14.6 Å². The normalized spacial score (nSPS) is 11.5. The predicted molar refractivity (Wildman–Crippen MR) is 120 cm³/mol. The van der Waals surface area contributed by atoms with E-state index in [1.807, 2.05) is 29.8 Å². The molecule has 0 aliphatic heterocycles. The van der Waals surface area contributed by atoms with Crippen LogP contribution in [0.4, 0.5) is 0 Å². The lowest BCUT2D eigenvalue weighted by atomic mass is 9.95. The van der Waals surface area contributed by atoms with Gasteiger partial charge in [-0.05, 0) is 29.8 Å². The standard InChI is InChI=1S/C26H21N3O3/c1-29-17-28-15-24(29)23(16-30)19-10-11-21(14-27)25(13-19)32-22-9-5-8-20(12-22)26(31)18-6-3-2-4-7-18/h2-13,15,17,23,30H,16H2,1H3. The Labute approximate surface area is 186 Å². The van der Waals surface area contributed by atoms with Crippen LogP contribution < -0.4 is 4.74 Å². The number of benzene rings is 3. The summed E-state index contributed by atoms with van der Waals surface area (Å²) in [5.74, 6) is 0.377. The van der Waals surface area contributed by atoms with Crippen LogP contribution in [0.15, 0.2) is 85.3 Å². The highest BCUT2D eigenvalue weighted by Gasteiger charge is 2.19. The summed E-state index contributed by atoms with van der Waals surface area (Å²) < 4.78 is 7.88. The first-order chi connectivity index (χ1) is 15.6. The molecular weight excluding hydrogens is 402 g/mol. The Hall–Kier alpha value is -4.21. The highest BCUT2D eigenvalue weighted by atomic mass is 16.5. The molecule has 4 aromatic rings. The number of nitrogens with zero attached hydrogens (tertiary/aromatic N) is 3. The first-order valence-electron chi connectivity index (χ1n) is 10.1. The monoisotopic (exact) mass is 423 g/mol. The van der Waals surface area contributed by atoms with Crippen LogP contribution in [0.1, 0.15) is 38.7 Å². The van der Waals surface area contributed by atoms with Gasteiger partial charge in [-0.2, -0.15) is 5.26 Å². The van der Waals surface area contributed by atoms with Crippen LogP contribution in [0, 0.1) is 11.3 Å². The van der Waals surface area contributed by atoms with Gasteiger partial charge in [-0.25, -0.2) is 4.98 Å². The quantitative estimate of drug-likeness (QED) is 0.444. The number of ether oxygens (including phenoxy) is 1. The maximum Gasteiger partial charge on any atom is 0.193 e. The molecule has 1 atom stereocenters. The summed E-state index contributed by atoms with van der Waals surface area (Å²) in [7, 11) is 1.86. The van der Waals surface area contributed by atoms with Gasteiger partial charge in [0.1, 0.15) is 17.6 Å². The maximum atomic E-state index is 12.8. The number of carbonyl (C=O) groups excluding carboxylic acids is 1. The van der Waals surface area contributed by atoms with Crippen molar-refractivity contribution >= 4 is 5.78 Å². The molecule has 0 saturated carbocycles. The van der Waals surface area contributed by atoms with Gasteiger partial charge in [0, 0.05) is 36.0 Å².